The van der Waals surface area contributed by atoms with Gasteiger partial charge in [0.1, 0.15) is 12.4 Å². The lowest BCUT2D eigenvalue weighted by Crippen LogP contribution is -2.49. The van der Waals surface area contributed by atoms with Gasteiger partial charge < -0.3 is 19.5 Å². The number of aromatic nitrogens is 3. The van der Waals surface area contributed by atoms with Crippen LogP contribution < -0.4 is 5.32 Å². The van der Waals surface area contributed by atoms with Crippen LogP contribution in [0.1, 0.15) is 38.6 Å². The average molecular weight is 339 g/mol. The highest BCUT2D eigenvalue weighted by Crippen LogP contribution is 2.37. The van der Waals surface area contributed by atoms with E-state index >= 15 is 0 Å². The Balaban J connectivity index is 1.56. The Morgan fingerprint density at radius 1 is 1.61 bits per heavy atom. The zero-order valence-electron chi connectivity index (χ0n) is 13.8. The Labute approximate surface area is 141 Å². The fourth-order valence-electron chi connectivity index (χ4n) is 3.10. The normalized spacial score (nSPS) is 28.1. The van der Waals surface area contributed by atoms with Gasteiger partial charge >= 0.3 is 6.03 Å². The third kappa shape index (κ3) is 3.80. The highest BCUT2D eigenvalue weighted by atomic mass is 32.2. The molecule has 2 fully saturated rings. The first-order valence-corrected chi connectivity index (χ1v) is 9.26. The summed E-state index contributed by atoms with van der Waals surface area (Å²) in [6.45, 7) is 7.46. The van der Waals surface area contributed by atoms with Gasteiger partial charge in [0.2, 0.25) is 0 Å². The monoisotopic (exact) mass is 339 g/mol. The molecule has 0 radical (unpaired) electrons. The third-order valence-corrected chi connectivity index (χ3v) is 6.08. The molecule has 7 nitrogen and oxygen atoms in total. The number of carbonyl (C=O) groups is 1. The molecule has 0 spiro atoms. The van der Waals surface area contributed by atoms with Crippen molar-refractivity contribution in [3.63, 3.8) is 0 Å². The number of carbonyl (C=O) groups excluding carboxylic acids is 1. The summed E-state index contributed by atoms with van der Waals surface area (Å²) in [5.41, 5.74) is 0. The molecule has 0 aromatic carbocycles. The van der Waals surface area contributed by atoms with Crippen molar-refractivity contribution in [2.24, 2.45) is 0 Å². The molecule has 2 amide bonds. The Bertz CT molecular complexity index is 544. The predicted octanol–water partition coefficient (Wildman–Crippen LogP) is 1.67. The van der Waals surface area contributed by atoms with Crippen LogP contribution >= 0.6 is 11.8 Å². The quantitative estimate of drug-likeness (QED) is 0.903. The summed E-state index contributed by atoms with van der Waals surface area (Å²) in [6.07, 6.45) is 3.91. The van der Waals surface area contributed by atoms with Gasteiger partial charge in [0.05, 0.1) is 13.2 Å². The number of nitrogens with one attached hydrogen (secondary N) is 1. The number of nitrogens with zero attached hydrogens (tertiary/aromatic N) is 4. The Hall–Kier alpha value is -1.28. The largest absolute Gasteiger partial charge is 0.366 e. The van der Waals surface area contributed by atoms with Crippen LogP contribution in [0, 0.1) is 0 Å². The molecule has 0 bridgehead atoms. The van der Waals surface area contributed by atoms with Gasteiger partial charge in [-0.15, -0.1) is 10.2 Å². The summed E-state index contributed by atoms with van der Waals surface area (Å²) in [6, 6.07) is -0.00501. The zero-order chi connectivity index (χ0) is 16.3. The Kier molecular flexibility index (Phi) is 5.11. The van der Waals surface area contributed by atoms with Gasteiger partial charge in [-0.25, -0.2) is 4.79 Å². The second kappa shape index (κ2) is 7.09. The van der Waals surface area contributed by atoms with Crippen molar-refractivity contribution in [2.45, 2.75) is 44.1 Å². The molecular formula is C15H25N5O2S. The minimum absolute atomic E-state index is 0.00501. The number of rotatable bonds is 4. The number of ether oxygens (including phenoxy) is 1. The Morgan fingerprint density at radius 2 is 2.48 bits per heavy atom. The highest BCUT2D eigenvalue weighted by Gasteiger charge is 2.32. The van der Waals surface area contributed by atoms with E-state index in [4.69, 9.17) is 4.74 Å². The van der Waals surface area contributed by atoms with Crippen molar-refractivity contribution in [1.82, 2.24) is 25.0 Å². The zero-order valence-corrected chi connectivity index (χ0v) is 14.6. The second-order valence-corrected chi connectivity index (χ2v) is 8.02. The SMILES string of the molecule is CCn1cnnc1[C@@H]1CN(C(=O)NC[C@]2(C)CCCS2)CCO1. The van der Waals surface area contributed by atoms with Crippen molar-refractivity contribution in [3.05, 3.63) is 12.2 Å². The van der Waals surface area contributed by atoms with Crippen LogP contribution in [0.4, 0.5) is 4.79 Å². The van der Waals surface area contributed by atoms with Crippen LogP contribution in [0.3, 0.4) is 0 Å². The van der Waals surface area contributed by atoms with Crippen LogP contribution in [0.15, 0.2) is 6.33 Å². The van der Waals surface area contributed by atoms with E-state index in [0.717, 1.165) is 18.9 Å². The average Bonchev–Trinajstić information content (AvgIpc) is 3.22. The molecule has 2 aliphatic heterocycles. The molecule has 2 aliphatic rings. The van der Waals surface area contributed by atoms with Gasteiger partial charge in [0, 0.05) is 24.4 Å². The maximum Gasteiger partial charge on any atom is 0.317 e. The summed E-state index contributed by atoms with van der Waals surface area (Å²) in [5, 5.41) is 11.2. The number of thioether (sulfide) groups is 1. The fourth-order valence-corrected chi connectivity index (χ4v) is 4.34. The molecule has 1 N–H and O–H groups in total. The molecule has 1 aromatic rings. The molecule has 128 valence electrons. The summed E-state index contributed by atoms with van der Waals surface area (Å²) in [5.74, 6) is 1.99. The third-order valence-electron chi connectivity index (χ3n) is 4.54. The predicted molar refractivity (Wildman–Crippen MR) is 89.5 cm³/mol. The van der Waals surface area contributed by atoms with Gasteiger partial charge in [-0.05, 0) is 32.4 Å². The van der Waals surface area contributed by atoms with E-state index in [9.17, 15) is 4.79 Å². The van der Waals surface area contributed by atoms with Gasteiger partial charge in [-0.3, -0.25) is 0 Å². The maximum absolute atomic E-state index is 12.5. The van der Waals surface area contributed by atoms with E-state index in [1.165, 1.54) is 18.6 Å². The molecule has 0 unspecified atom stereocenters. The molecule has 23 heavy (non-hydrogen) atoms. The van der Waals surface area contributed by atoms with Crippen molar-refractivity contribution in [1.29, 1.82) is 0 Å². The topological polar surface area (TPSA) is 72.3 Å². The van der Waals surface area contributed by atoms with Crippen LogP contribution in [-0.2, 0) is 11.3 Å². The Morgan fingerprint density at radius 3 is 3.22 bits per heavy atom. The van der Waals surface area contributed by atoms with E-state index < -0.39 is 0 Å². The second-order valence-electron chi connectivity index (χ2n) is 6.34. The summed E-state index contributed by atoms with van der Waals surface area (Å²) < 4.78 is 7.94. The number of hydrogen-bond donors (Lipinski definition) is 1. The number of amides is 2. The van der Waals surface area contributed by atoms with Crippen molar-refractivity contribution in [3.8, 4) is 0 Å². The first-order chi connectivity index (χ1) is 11.1. The molecule has 1 aromatic heterocycles. The minimum atomic E-state index is -0.201. The van der Waals surface area contributed by atoms with Gasteiger partial charge in [-0.2, -0.15) is 11.8 Å². The van der Waals surface area contributed by atoms with Gasteiger partial charge in [0.25, 0.3) is 0 Å². The van der Waals surface area contributed by atoms with Crippen LogP contribution in [0.5, 0.6) is 0 Å². The lowest BCUT2D eigenvalue weighted by Gasteiger charge is -2.33. The molecular weight excluding hydrogens is 314 g/mol. The molecule has 2 saturated heterocycles. The minimum Gasteiger partial charge on any atom is -0.366 e. The van der Waals surface area contributed by atoms with E-state index in [-0.39, 0.29) is 16.9 Å². The van der Waals surface area contributed by atoms with Crippen LogP contribution in [0.2, 0.25) is 0 Å². The summed E-state index contributed by atoms with van der Waals surface area (Å²) in [4.78, 5) is 14.3. The van der Waals surface area contributed by atoms with Gasteiger partial charge in [-0.1, -0.05) is 0 Å². The first-order valence-electron chi connectivity index (χ1n) is 8.27. The summed E-state index contributed by atoms with van der Waals surface area (Å²) in [7, 11) is 0. The number of hydrogen-bond acceptors (Lipinski definition) is 5. The van der Waals surface area contributed by atoms with E-state index in [1.54, 1.807) is 6.33 Å². The van der Waals surface area contributed by atoms with Crippen LogP contribution in [-0.4, -0.2) is 62.4 Å². The van der Waals surface area contributed by atoms with E-state index in [1.807, 2.05) is 28.2 Å². The number of morpholine rings is 1. The molecule has 2 atom stereocenters. The lowest BCUT2D eigenvalue weighted by molar-refractivity contribution is -0.0218. The summed E-state index contributed by atoms with van der Waals surface area (Å²) >= 11 is 1.96. The number of aryl methyl sites for hydroxylation is 1. The van der Waals surface area contributed by atoms with E-state index in [2.05, 4.69) is 22.4 Å². The maximum atomic E-state index is 12.5. The molecule has 0 saturated carbocycles. The van der Waals surface area contributed by atoms with Crippen LogP contribution in [0.25, 0.3) is 0 Å². The molecule has 3 heterocycles. The molecule has 3 rings (SSSR count). The lowest BCUT2D eigenvalue weighted by atomic mass is 10.1. The standard InChI is InChI=1S/C15H25N5O2S/c1-3-19-11-17-18-13(19)12-9-20(6-7-22-12)14(21)16-10-15(2)5-4-8-23-15/h11-12H,3-10H2,1-2H3,(H,16,21)/t12-,15-/m0/s1. The highest BCUT2D eigenvalue weighted by molar-refractivity contribution is 8.00. The molecule has 0 aliphatic carbocycles. The van der Waals surface area contributed by atoms with Gasteiger partial charge in [0.15, 0.2) is 5.82 Å². The van der Waals surface area contributed by atoms with Crippen molar-refractivity contribution < 1.29 is 9.53 Å². The molecule has 8 heteroatoms. The first kappa shape index (κ1) is 16.6. The van der Waals surface area contributed by atoms with Crippen molar-refractivity contribution >= 4 is 17.8 Å². The van der Waals surface area contributed by atoms with Crippen molar-refractivity contribution in [2.75, 3.05) is 32.0 Å². The fraction of sp³-hybridized carbons (Fsp3) is 0.800. The number of urea groups is 1. The smallest absolute Gasteiger partial charge is 0.317 e. The van der Waals surface area contributed by atoms with E-state index in [0.29, 0.717) is 19.7 Å².